The van der Waals surface area contributed by atoms with Gasteiger partial charge in [0.15, 0.2) is 0 Å². The zero-order valence-electron chi connectivity index (χ0n) is 13.9. The van der Waals surface area contributed by atoms with E-state index in [0.717, 1.165) is 31.1 Å². The molecule has 0 rings (SSSR count). The van der Waals surface area contributed by atoms with E-state index in [0.29, 0.717) is 6.61 Å². The molecule has 1 atom stereocenters. The molecule has 0 aromatic rings. The van der Waals surface area contributed by atoms with Gasteiger partial charge in [0.05, 0.1) is 0 Å². The molecule has 0 saturated heterocycles. The molecule has 0 spiro atoms. The number of rotatable bonds is 7. The Balaban J connectivity index is -0.000000244. The summed E-state index contributed by atoms with van der Waals surface area (Å²) >= 11 is 11.7. The van der Waals surface area contributed by atoms with Crippen molar-refractivity contribution in [2.45, 2.75) is 63.9 Å². The summed E-state index contributed by atoms with van der Waals surface area (Å²) in [5.74, 6) is 1.88. The van der Waals surface area contributed by atoms with Crippen molar-refractivity contribution < 1.29 is 46.0 Å². The van der Waals surface area contributed by atoms with Gasteiger partial charge in [-0.15, -0.1) is 17.5 Å². The summed E-state index contributed by atoms with van der Waals surface area (Å²) in [6.07, 6.45) is 3.08. The third kappa shape index (κ3) is 42.7. The summed E-state index contributed by atoms with van der Waals surface area (Å²) in [6, 6.07) is 0. The molecule has 0 N–H and O–H groups in total. The molecule has 2 nitrogen and oxygen atoms in total. The van der Waals surface area contributed by atoms with Crippen LogP contribution in [-0.4, -0.2) is 6.61 Å². The monoisotopic (exact) mass is 440 g/mol. The van der Waals surface area contributed by atoms with E-state index >= 15 is 0 Å². The SMILES string of the molecule is CC(C)[CH2][Zn+].CC(C)[CH2][Zn+].CCCCCOP([O-])(=S)[S-]. The average Bonchev–Trinajstić information content (AvgIpc) is 2.35. The standard InChI is InChI=1S/C5H13O2PS2.2C4H9.2Zn/c1-2-3-4-5-7-8(6,9)10;2*1-4(2)3;;/h2-5H2,1H3,(H2,6,9,10);2*4H,1H2,2-3H3;;/q;;;2*+1/p-2. The number of unbranched alkanes of at least 4 members (excludes halogenated alkanes) is 2. The zero-order chi connectivity index (χ0) is 16.6. The molecule has 1 unspecified atom stereocenters. The van der Waals surface area contributed by atoms with Crippen LogP contribution in [-0.2, 0) is 65.2 Å². The van der Waals surface area contributed by atoms with Gasteiger partial charge in [-0.25, -0.2) is 0 Å². The van der Waals surface area contributed by atoms with E-state index in [9.17, 15) is 4.89 Å². The maximum atomic E-state index is 10.6. The number of hydrogen-bond donors (Lipinski definition) is 0. The second-order valence-electron chi connectivity index (χ2n) is 5.35. The van der Waals surface area contributed by atoms with E-state index < -0.39 is 5.69 Å². The van der Waals surface area contributed by atoms with Crippen molar-refractivity contribution in [2.75, 3.05) is 6.61 Å². The molecule has 0 radical (unpaired) electrons. The van der Waals surface area contributed by atoms with E-state index in [1.807, 2.05) is 0 Å². The van der Waals surface area contributed by atoms with Crippen LogP contribution in [0.5, 0.6) is 0 Å². The molecule has 0 heterocycles. The normalized spacial score (nSPS) is 13.2. The van der Waals surface area contributed by atoms with Crippen molar-refractivity contribution in [1.29, 1.82) is 0 Å². The molecule has 114 valence electrons. The Morgan fingerprint density at radius 3 is 1.65 bits per heavy atom. The average molecular weight is 443 g/mol. The molecule has 0 aliphatic heterocycles. The fourth-order valence-corrected chi connectivity index (χ4v) is 1.33. The van der Waals surface area contributed by atoms with Crippen LogP contribution < -0.4 is 4.89 Å². The van der Waals surface area contributed by atoms with E-state index in [2.05, 4.69) is 58.7 Å². The topological polar surface area (TPSA) is 32.3 Å². The van der Waals surface area contributed by atoms with Crippen LogP contribution in [0.1, 0.15) is 53.9 Å². The molecule has 20 heavy (non-hydrogen) atoms. The maximum absolute atomic E-state index is 10.6. The first kappa shape index (κ1) is 27.0. The molecule has 0 bridgehead atoms. The predicted octanol–water partition coefficient (Wildman–Crippen LogP) is 4.54. The summed E-state index contributed by atoms with van der Waals surface area (Å²) in [6.45, 7) is 11.5. The largest absolute Gasteiger partial charge is 0.819 e. The third-order valence-electron chi connectivity index (χ3n) is 2.15. The molecule has 0 saturated carbocycles. The molecular weight excluding hydrogens is 414 g/mol. The molecule has 0 fully saturated rings. The van der Waals surface area contributed by atoms with Gasteiger partial charge < -0.3 is 21.7 Å². The second-order valence-corrected chi connectivity index (χ2v) is 12.5. The quantitative estimate of drug-likeness (QED) is 0.250. The molecule has 7 heteroatoms. The van der Waals surface area contributed by atoms with Gasteiger partial charge in [-0.2, -0.15) is 0 Å². The zero-order valence-corrected chi connectivity index (χ0v) is 22.4. The molecular formula is C13H29O2PS2Zn2. The van der Waals surface area contributed by atoms with Crippen LogP contribution in [0.3, 0.4) is 0 Å². The van der Waals surface area contributed by atoms with Gasteiger partial charge in [0.2, 0.25) is 0 Å². The van der Waals surface area contributed by atoms with Crippen LogP contribution in [0.4, 0.5) is 0 Å². The van der Waals surface area contributed by atoms with Gasteiger partial charge in [-0.3, -0.25) is 0 Å². The first-order chi connectivity index (χ1) is 9.10. The van der Waals surface area contributed by atoms with Crippen molar-refractivity contribution in [1.82, 2.24) is 0 Å². The Kier molecular flexibility index (Phi) is 26.0. The van der Waals surface area contributed by atoms with Gasteiger partial charge in [-0.1, -0.05) is 19.8 Å². The van der Waals surface area contributed by atoms with Gasteiger partial charge in [0.1, 0.15) is 0 Å². The summed E-state index contributed by atoms with van der Waals surface area (Å²) in [5, 5.41) is 2.86. The van der Waals surface area contributed by atoms with Crippen LogP contribution in [0.2, 0.25) is 10.0 Å². The Morgan fingerprint density at radius 2 is 1.45 bits per heavy atom. The summed E-state index contributed by atoms with van der Waals surface area (Å²) < 4.78 is 4.72. The fraction of sp³-hybridized carbons (Fsp3) is 1.00. The van der Waals surface area contributed by atoms with Crippen LogP contribution in [0.25, 0.3) is 0 Å². The predicted molar refractivity (Wildman–Crippen MR) is 86.4 cm³/mol. The summed E-state index contributed by atoms with van der Waals surface area (Å²) in [5.41, 5.74) is -3.04. The molecule has 0 aliphatic rings. The van der Waals surface area contributed by atoms with Crippen molar-refractivity contribution in [3.05, 3.63) is 0 Å². The molecule has 0 aromatic carbocycles. The first-order valence-corrected chi connectivity index (χ1v) is 15.2. The Morgan fingerprint density at radius 1 is 1.10 bits per heavy atom. The van der Waals surface area contributed by atoms with Gasteiger partial charge in [0, 0.05) is 6.61 Å². The summed E-state index contributed by atoms with van der Waals surface area (Å²) in [7, 11) is 0. The number of hydrogen-bond acceptors (Lipinski definition) is 4. The van der Waals surface area contributed by atoms with E-state index in [4.69, 9.17) is 4.52 Å². The third-order valence-corrected chi connectivity index (χ3v) is 8.13. The Labute approximate surface area is 157 Å². The smallest absolute Gasteiger partial charge is 0.0477 e. The Bertz CT molecular complexity index is 216. The van der Waals surface area contributed by atoms with Crippen molar-refractivity contribution in [3.63, 3.8) is 0 Å². The van der Waals surface area contributed by atoms with Crippen LogP contribution >= 0.6 is 5.69 Å². The minimum absolute atomic E-state index is 0.443. The first-order valence-electron chi connectivity index (χ1n) is 7.35. The van der Waals surface area contributed by atoms with E-state index in [1.54, 1.807) is 0 Å². The molecule has 0 aromatic heterocycles. The Hall–Kier alpha value is 2.17. The van der Waals surface area contributed by atoms with Crippen LogP contribution in [0.15, 0.2) is 0 Å². The summed E-state index contributed by atoms with van der Waals surface area (Å²) in [4.78, 5) is 10.6. The van der Waals surface area contributed by atoms with Gasteiger partial charge in [-0.05, 0) is 6.42 Å². The van der Waals surface area contributed by atoms with Crippen LogP contribution in [0, 0.1) is 11.8 Å². The van der Waals surface area contributed by atoms with Crippen molar-refractivity contribution >= 4 is 29.7 Å². The second kappa shape index (κ2) is 19.2. The van der Waals surface area contributed by atoms with Crippen molar-refractivity contribution in [2.24, 2.45) is 11.8 Å². The molecule has 0 amide bonds. The fourth-order valence-electron chi connectivity index (χ4n) is 0.528. The van der Waals surface area contributed by atoms with E-state index in [-0.39, 0.29) is 0 Å². The van der Waals surface area contributed by atoms with Gasteiger partial charge in [0.25, 0.3) is 0 Å². The van der Waals surface area contributed by atoms with Gasteiger partial charge >= 0.3 is 86.2 Å². The molecule has 0 aliphatic carbocycles. The maximum Gasteiger partial charge on any atom is 0.0477 e. The minimum Gasteiger partial charge on any atom is -0.819 e. The van der Waals surface area contributed by atoms with E-state index in [1.165, 1.54) is 46.6 Å². The van der Waals surface area contributed by atoms with Crippen molar-refractivity contribution in [3.8, 4) is 0 Å². The minimum atomic E-state index is -3.04.